The van der Waals surface area contributed by atoms with Crippen LogP contribution < -0.4 is 5.32 Å². The summed E-state index contributed by atoms with van der Waals surface area (Å²) in [5.41, 5.74) is 2.06. The highest BCUT2D eigenvalue weighted by Gasteiger charge is 2.10. The molecule has 0 amide bonds. The lowest BCUT2D eigenvalue weighted by atomic mass is 10.2. The van der Waals surface area contributed by atoms with E-state index in [-0.39, 0.29) is 0 Å². The highest BCUT2D eigenvalue weighted by molar-refractivity contribution is 6.00. The van der Waals surface area contributed by atoms with Crippen LogP contribution in [-0.4, -0.2) is 29.0 Å². The molecule has 16 heavy (non-hydrogen) atoms. The molecule has 5 heteroatoms. The number of anilines is 1. The Morgan fingerprint density at radius 2 is 2.38 bits per heavy atom. The van der Waals surface area contributed by atoms with Crippen molar-refractivity contribution in [3.05, 3.63) is 24.4 Å². The third kappa shape index (κ3) is 1.41. The zero-order chi connectivity index (χ0) is 11.0. The molecule has 3 rings (SSSR count). The van der Waals surface area contributed by atoms with Crippen LogP contribution in [0.25, 0.3) is 10.9 Å². The number of benzene rings is 1. The molecule has 1 aromatic heterocycles. The number of rotatable bonds is 1. The fraction of sp³-hybridized carbons (Fsp3) is 0.273. The molecule has 0 radical (unpaired) electrons. The summed E-state index contributed by atoms with van der Waals surface area (Å²) in [6.45, 7) is 1.39. The summed E-state index contributed by atoms with van der Waals surface area (Å²) in [6.07, 6.45) is 1.84. The van der Waals surface area contributed by atoms with Crippen molar-refractivity contribution >= 4 is 22.6 Å². The van der Waals surface area contributed by atoms with Crippen molar-refractivity contribution in [1.29, 1.82) is 0 Å². The van der Waals surface area contributed by atoms with E-state index >= 15 is 0 Å². The minimum Gasteiger partial charge on any atom is -0.463 e. The Kier molecular flexibility index (Phi) is 2.02. The molecule has 1 aromatic carbocycles. The number of aryl methyl sites for hydroxylation is 1. The van der Waals surface area contributed by atoms with Gasteiger partial charge >= 0.3 is 0 Å². The number of aromatic nitrogens is 2. The van der Waals surface area contributed by atoms with E-state index in [1.54, 1.807) is 0 Å². The molecule has 1 N–H and O–H groups in total. The van der Waals surface area contributed by atoms with Crippen LogP contribution >= 0.6 is 0 Å². The van der Waals surface area contributed by atoms with Crippen molar-refractivity contribution in [1.82, 2.24) is 9.78 Å². The molecule has 0 fully saturated rings. The highest BCUT2D eigenvalue weighted by Crippen LogP contribution is 2.22. The van der Waals surface area contributed by atoms with Crippen molar-refractivity contribution in [3.8, 4) is 0 Å². The Labute approximate surface area is 92.7 Å². The van der Waals surface area contributed by atoms with Crippen molar-refractivity contribution in [3.63, 3.8) is 0 Å². The molecule has 1 aliphatic heterocycles. The Bertz CT molecular complexity index is 558. The van der Waals surface area contributed by atoms with E-state index in [1.807, 2.05) is 36.1 Å². The van der Waals surface area contributed by atoms with Crippen LogP contribution in [0, 0.1) is 0 Å². The Balaban J connectivity index is 2.02. The summed E-state index contributed by atoms with van der Waals surface area (Å²) in [6, 6.07) is 6.61. The molecule has 0 atom stereocenters. The van der Waals surface area contributed by atoms with Gasteiger partial charge in [0.25, 0.3) is 6.02 Å². The molecule has 2 heterocycles. The zero-order valence-electron chi connectivity index (χ0n) is 8.97. The van der Waals surface area contributed by atoms with Gasteiger partial charge in [-0.1, -0.05) is 6.07 Å². The van der Waals surface area contributed by atoms with Crippen LogP contribution in [0.5, 0.6) is 0 Å². The van der Waals surface area contributed by atoms with Gasteiger partial charge in [0.15, 0.2) is 0 Å². The van der Waals surface area contributed by atoms with Gasteiger partial charge < -0.3 is 10.1 Å². The topological polar surface area (TPSA) is 51.4 Å². The van der Waals surface area contributed by atoms with Crippen LogP contribution in [-0.2, 0) is 11.8 Å². The van der Waals surface area contributed by atoms with Crippen molar-refractivity contribution in [2.24, 2.45) is 12.0 Å². The first-order valence-corrected chi connectivity index (χ1v) is 5.19. The van der Waals surface area contributed by atoms with Gasteiger partial charge in [0, 0.05) is 12.4 Å². The van der Waals surface area contributed by atoms with Crippen LogP contribution in [0.2, 0.25) is 0 Å². The van der Waals surface area contributed by atoms with Gasteiger partial charge in [0.1, 0.15) is 6.61 Å². The van der Waals surface area contributed by atoms with Gasteiger partial charge in [-0.3, -0.25) is 4.68 Å². The number of amidine groups is 1. The van der Waals surface area contributed by atoms with Gasteiger partial charge in [-0.15, -0.1) is 0 Å². The quantitative estimate of drug-likeness (QED) is 0.783. The lowest BCUT2D eigenvalue weighted by Crippen LogP contribution is -2.11. The van der Waals surface area contributed by atoms with Gasteiger partial charge in [0.2, 0.25) is 0 Å². The van der Waals surface area contributed by atoms with Crippen LogP contribution in [0.15, 0.2) is 29.4 Å². The summed E-state index contributed by atoms with van der Waals surface area (Å²) < 4.78 is 7.17. The molecular formula is C11H12N4O. The highest BCUT2D eigenvalue weighted by atomic mass is 16.5. The number of hydrogen-bond acceptors (Lipinski definition) is 4. The summed E-state index contributed by atoms with van der Waals surface area (Å²) >= 11 is 0. The molecule has 1 aliphatic rings. The van der Waals surface area contributed by atoms with Gasteiger partial charge in [-0.25, -0.2) is 4.99 Å². The Morgan fingerprint density at radius 3 is 3.19 bits per heavy atom. The zero-order valence-corrected chi connectivity index (χ0v) is 8.97. The molecule has 82 valence electrons. The number of nitrogens with one attached hydrogen (secondary N) is 1. The van der Waals surface area contributed by atoms with Crippen LogP contribution in [0.3, 0.4) is 0 Å². The van der Waals surface area contributed by atoms with E-state index in [2.05, 4.69) is 15.4 Å². The summed E-state index contributed by atoms with van der Waals surface area (Å²) in [5, 5.41) is 8.47. The third-order valence-corrected chi connectivity index (χ3v) is 2.62. The number of hydrogen-bond donors (Lipinski definition) is 1. The second-order valence-electron chi connectivity index (χ2n) is 3.67. The normalized spacial score (nSPS) is 14.9. The molecule has 0 saturated carbocycles. The smallest absolute Gasteiger partial charge is 0.289 e. The number of aliphatic imine (C=N–C) groups is 1. The van der Waals surface area contributed by atoms with E-state index in [0.29, 0.717) is 12.6 Å². The predicted molar refractivity (Wildman–Crippen MR) is 62.6 cm³/mol. The molecule has 5 nitrogen and oxygen atoms in total. The molecule has 0 bridgehead atoms. The first kappa shape index (κ1) is 9.21. The molecule has 2 aromatic rings. The maximum atomic E-state index is 5.32. The second-order valence-corrected chi connectivity index (χ2v) is 3.67. The lowest BCUT2D eigenvalue weighted by molar-refractivity contribution is 0.346. The van der Waals surface area contributed by atoms with Gasteiger partial charge in [0.05, 0.1) is 23.9 Å². The average Bonchev–Trinajstić information content (AvgIpc) is 2.90. The fourth-order valence-electron chi connectivity index (χ4n) is 1.81. The number of ether oxygens (including phenoxy) is 1. The Hall–Kier alpha value is -2.04. The summed E-state index contributed by atoms with van der Waals surface area (Å²) in [5.74, 6) is 0. The second kappa shape index (κ2) is 3.52. The SMILES string of the molecule is Cn1ncc2c(NC3=NCCO3)cccc21. The number of nitrogens with zero attached hydrogens (tertiary/aromatic N) is 3. The standard InChI is InChI=1S/C11H12N4O/c1-15-10-4-2-3-9(8(10)7-13-15)14-11-12-5-6-16-11/h2-4,7H,5-6H2,1H3,(H,12,14). The van der Waals surface area contributed by atoms with Crippen LogP contribution in [0.1, 0.15) is 0 Å². The Morgan fingerprint density at radius 1 is 1.44 bits per heavy atom. The molecule has 0 saturated heterocycles. The predicted octanol–water partition coefficient (Wildman–Crippen LogP) is 1.37. The minimum atomic E-state index is 0.594. The molecule has 0 spiro atoms. The van der Waals surface area contributed by atoms with E-state index in [1.165, 1.54) is 0 Å². The fourth-order valence-corrected chi connectivity index (χ4v) is 1.81. The lowest BCUT2D eigenvalue weighted by Gasteiger charge is -2.06. The first-order chi connectivity index (χ1) is 7.84. The third-order valence-electron chi connectivity index (χ3n) is 2.62. The first-order valence-electron chi connectivity index (χ1n) is 5.19. The van der Waals surface area contributed by atoms with Crippen molar-refractivity contribution in [2.45, 2.75) is 0 Å². The van der Waals surface area contributed by atoms with E-state index < -0.39 is 0 Å². The van der Waals surface area contributed by atoms with Gasteiger partial charge in [-0.05, 0) is 12.1 Å². The average molecular weight is 216 g/mol. The largest absolute Gasteiger partial charge is 0.463 e. The molecule has 0 unspecified atom stereocenters. The van der Waals surface area contributed by atoms with Crippen LogP contribution in [0.4, 0.5) is 5.69 Å². The van der Waals surface area contributed by atoms with Crippen molar-refractivity contribution < 1.29 is 4.74 Å². The minimum absolute atomic E-state index is 0.594. The molecular weight excluding hydrogens is 204 g/mol. The number of fused-ring (bicyclic) bond motifs is 1. The van der Waals surface area contributed by atoms with E-state index in [9.17, 15) is 0 Å². The summed E-state index contributed by atoms with van der Waals surface area (Å²) in [4.78, 5) is 4.20. The van der Waals surface area contributed by atoms with E-state index in [4.69, 9.17) is 4.74 Å². The van der Waals surface area contributed by atoms with Crippen molar-refractivity contribution in [2.75, 3.05) is 18.5 Å². The van der Waals surface area contributed by atoms with E-state index in [0.717, 1.165) is 23.1 Å². The van der Waals surface area contributed by atoms with Gasteiger partial charge in [-0.2, -0.15) is 5.10 Å². The maximum Gasteiger partial charge on any atom is 0.289 e. The maximum absolute atomic E-state index is 5.32. The molecule has 0 aliphatic carbocycles. The summed E-state index contributed by atoms with van der Waals surface area (Å²) in [7, 11) is 1.93. The monoisotopic (exact) mass is 216 g/mol.